The molecule has 0 saturated carbocycles. The third-order valence-electron chi connectivity index (χ3n) is 7.22. The van der Waals surface area contributed by atoms with Gasteiger partial charge in [0.05, 0.1) is 23.8 Å². The number of hydrogen-bond donors (Lipinski definition) is 2. The second-order valence-corrected chi connectivity index (χ2v) is 9.55. The zero-order valence-electron chi connectivity index (χ0n) is 20.7. The van der Waals surface area contributed by atoms with Crippen molar-refractivity contribution in [1.82, 2.24) is 28.6 Å². The summed E-state index contributed by atoms with van der Waals surface area (Å²) in [4.78, 5) is 36.6. The zero-order valence-corrected chi connectivity index (χ0v) is 20.7. The fourth-order valence-corrected chi connectivity index (χ4v) is 5.23. The Balaban J connectivity index is 1.34. The molecule has 0 radical (unpaired) electrons. The summed E-state index contributed by atoms with van der Waals surface area (Å²) in [6.07, 6.45) is 6.27. The van der Waals surface area contributed by atoms with Gasteiger partial charge in [-0.1, -0.05) is 18.2 Å². The number of aromatic hydroxyl groups is 1. The number of carbonyl (C=O) groups is 1. The van der Waals surface area contributed by atoms with Crippen LogP contribution in [0.5, 0.6) is 5.75 Å². The molecule has 1 atom stereocenters. The molecule has 10 nitrogen and oxygen atoms in total. The molecule has 0 bridgehead atoms. The summed E-state index contributed by atoms with van der Waals surface area (Å²) < 4.78 is 5.49. The van der Waals surface area contributed by atoms with Gasteiger partial charge in [0.1, 0.15) is 17.1 Å². The van der Waals surface area contributed by atoms with Crippen molar-refractivity contribution in [1.29, 1.82) is 0 Å². The molecular weight excluding hydrogens is 484 g/mol. The number of aromatic nitrogens is 5. The van der Waals surface area contributed by atoms with E-state index in [1.807, 2.05) is 54.2 Å². The molecule has 2 N–H and O–H groups in total. The smallest absolute Gasteiger partial charge is 0.339 e. The molecule has 1 saturated heterocycles. The molecule has 0 unspecified atom stereocenters. The maximum absolute atomic E-state index is 13.8. The molecule has 6 rings (SSSR count). The molecule has 38 heavy (non-hydrogen) atoms. The molecule has 0 aliphatic carbocycles. The Bertz CT molecular complexity index is 1720. The fraction of sp³-hybridized carbons (Fsp3) is 0.214. The number of fused-ring (bicyclic) bond motifs is 1. The number of hydrogen-bond acceptors (Lipinski definition) is 6. The SMILES string of the molecule is Cn1ccnc1CN1CC[C@H](n2c(=O)n(-c3ccc(-c4ccc(O)c(C(=O)O)c4)cc3)c3cccnc32)C1. The first-order valence-electron chi connectivity index (χ1n) is 12.3. The van der Waals surface area contributed by atoms with Crippen LogP contribution < -0.4 is 5.69 Å². The lowest BCUT2D eigenvalue weighted by Crippen LogP contribution is -2.29. The molecule has 5 aromatic rings. The monoisotopic (exact) mass is 510 g/mol. The first-order valence-corrected chi connectivity index (χ1v) is 12.3. The van der Waals surface area contributed by atoms with Gasteiger partial charge < -0.3 is 14.8 Å². The predicted octanol–water partition coefficient (Wildman–Crippen LogP) is 3.44. The van der Waals surface area contributed by atoms with Gasteiger partial charge in [-0.3, -0.25) is 14.0 Å². The highest BCUT2D eigenvalue weighted by molar-refractivity contribution is 5.92. The lowest BCUT2D eigenvalue weighted by atomic mass is 10.0. The average molecular weight is 511 g/mol. The molecule has 1 aliphatic rings. The van der Waals surface area contributed by atoms with Crippen molar-refractivity contribution in [3.05, 3.63) is 95.1 Å². The minimum atomic E-state index is -1.20. The van der Waals surface area contributed by atoms with Gasteiger partial charge in [0, 0.05) is 38.7 Å². The van der Waals surface area contributed by atoms with Crippen molar-refractivity contribution in [2.45, 2.75) is 19.0 Å². The number of pyridine rings is 1. The minimum absolute atomic E-state index is 0.00729. The summed E-state index contributed by atoms with van der Waals surface area (Å²) in [5.41, 5.74) is 3.18. The van der Waals surface area contributed by atoms with E-state index in [0.717, 1.165) is 43.0 Å². The van der Waals surface area contributed by atoms with E-state index in [2.05, 4.69) is 14.9 Å². The van der Waals surface area contributed by atoms with Crippen molar-refractivity contribution in [3.63, 3.8) is 0 Å². The molecule has 192 valence electrons. The van der Waals surface area contributed by atoms with Crippen molar-refractivity contribution in [2.24, 2.45) is 7.05 Å². The Morgan fingerprint density at radius 3 is 2.58 bits per heavy atom. The second-order valence-electron chi connectivity index (χ2n) is 9.55. The van der Waals surface area contributed by atoms with Crippen LogP contribution in [0.25, 0.3) is 28.0 Å². The minimum Gasteiger partial charge on any atom is -0.507 e. The molecule has 1 fully saturated rings. The van der Waals surface area contributed by atoms with Crippen LogP contribution in [0.15, 0.2) is 78.0 Å². The maximum atomic E-state index is 13.8. The number of carboxylic acid groups (broad SMARTS) is 1. The number of benzene rings is 2. The summed E-state index contributed by atoms with van der Waals surface area (Å²) in [6.45, 7) is 2.32. The zero-order chi connectivity index (χ0) is 26.4. The molecule has 0 spiro atoms. The van der Waals surface area contributed by atoms with Gasteiger partial charge in [-0.15, -0.1) is 0 Å². The molecular formula is C28H26N6O4. The van der Waals surface area contributed by atoms with Gasteiger partial charge >= 0.3 is 11.7 Å². The highest BCUT2D eigenvalue weighted by Gasteiger charge is 2.29. The number of rotatable bonds is 6. The van der Waals surface area contributed by atoms with Crippen LogP contribution in [0.3, 0.4) is 0 Å². The van der Waals surface area contributed by atoms with E-state index in [1.165, 1.54) is 12.1 Å². The summed E-state index contributed by atoms with van der Waals surface area (Å²) >= 11 is 0. The molecule has 1 aliphatic heterocycles. The summed E-state index contributed by atoms with van der Waals surface area (Å²) in [5.74, 6) is -0.490. The van der Waals surface area contributed by atoms with Gasteiger partial charge in [0.2, 0.25) is 0 Å². The second kappa shape index (κ2) is 9.31. The number of aromatic carboxylic acids is 1. The molecule has 3 aromatic heterocycles. The lowest BCUT2D eigenvalue weighted by molar-refractivity contribution is 0.0694. The van der Waals surface area contributed by atoms with Crippen LogP contribution in [-0.2, 0) is 13.6 Å². The molecule has 10 heteroatoms. The largest absolute Gasteiger partial charge is 0.507 e. The van der Waals surface area contributed by atoms with Crippen molar-refractivity contribution in [3.8, 4) is 22.6 Å². The quantitative estimate of drug-likeness (QED) is 0.359. The van der Waals surface area contributed by atoms with Crippen LogP contribution in [0.4, 0.5) is 0 Å². The lowest BCUT2D eigenvalue weighted by Gasteiger charge is -2.16. The van der Waals surface area contributed by atoms with Crippen LogP contribution in [0, 0.1) is 0 Å². The van der Waals surface area contributed by atoms with Crippen molar-refractivity contribution in [2.75, 3.05) is 13.1 Å². The Morgan fingerprint density at radius 2 is 1.84 bits per heavy atom. The predicted molar refractivity (Wildman–Crippen MR) is 142 cm³/mol. The van der Waals surface area contributed by atoms with E-state index in [9.17, 15) is 19.8 Å². The topological polar surface area (TPSA) is 118 Å². The molecule has 0 amide bonds. The maximum Gasteiger partial charge on any atom is 0.339 e. The Labute approximate surface area is 217 Å². The number of carboxylic acids is 1. The standard InChI is InChI=1S/C28H26N6O4/c1-31-14-12-29-25(31)17-32-13-10-21(16-32)34-26-23(3-2-11-30-26)33(28(34)38)20-7-4-18(5-8-20)19-6-9-24(35)22(15-19)27(36)37/h2-9,11-12,14-15,21,35H,10,13,16-17H2,1H3,(H,36,37)/t21-/m0/s1. The van der Waals surface area contributed by atoms with E-state index in [-0.39, 0.29) is 23.0 Å². The van der Waals surface area contributed by atoms with Gasteiger partial charge in [-0.05, 0) is 53.9 Å². The van der Waals surface area contributed by atoms with Gasteiger partial charge in [-0.25, -0.2) is 19.6 Å². The summed E-state index contributed by atoms with van der Waals surface area (Å²) in [5, 5.41) is 19.2. The van der Waals surface area contributed by atoms with Crippen LogP contribution in [0.1, 0.15) is 28.6 Å². The highest BCUT2D eigenvalue weighted by atomic mass is 16.4. The number of phenols is 1. The number of likely N-dealkylation sites (tertiary alicyclic amines) is 1. The molecule has 2 aromatic carbocycles. The van der Waals surface area contributed by atoms with Crippen LogP contribution in [0.2, 0.25) is 0 Å². The van der Waals surface area contributed by atoms with Gasteiger partial charge in [0.15, 0.2) is 5.65 Å². The normalized spacial score (nSPS) is 15.9. The van der Waals surface area contributed by atoms with E-state index in [1.54, 1.807) is 27.6 Å². The van der Waals surface area contributed by atoms with Crippen molar-refractivity contribution < 1.29 is 15.0 Å². The fourth-order valence-electron chi connectivity index (χ4n) is 5.23. The summed E-state index contributed by atoms with van der Waals surface area (Å²) in [7, 11) is 1.98. The molecule has 4 heterocycles. The van der Waals surface area contributed by atoms with Gasteiger partial charge in [-0.2, -0.15) is 0 Å². The number of imidazole rings is 2. The highest BCUT2D eigenvalue weighted by Crippen LogP contribution is 2.29. The van der Waals surface area contributed by atoms with Crippen LogP contribution >= 0.6 is 0 Å². The van der Waals surface area contributed by atoms with E-state index in [0.29, 0.717) is 16.9 Å². The number of nitrogens with zero attached hydrogens (tertiary/aromatic N) is 6. The van der Waals surface area contributed by atoms with E-state index in [4.69, 9.17) is 0 Å². The third-order valence-corrected chi connectivity index (χ3v) is 7.22. The van der Waals surface area contributed by atoms with Gasteiger partial charge in [0.25, 0.3) is 0 Å². The van der Waals surface area contributed by atoms with E-state index < -0.39 is 5.97 Å². The Kier molecular flexibility index (Phi) is 5.80. The first-order chi connectivity index (χ1) is 18.4. The van der Waals surface area contributed by atoms with Crippen LogP contribution in [-0.4, -0.2) is 57.8 Å². The third kappa shape index (κ3) is 4.04. The Morgan fingerprint density at radius 1 is 1.05 bits per heavy atom. The average Bonchev–Trinajstić information content (AvgIpc) is 3.61. The summed E-state index contributed by atoms with van der Waals surface area (Å²) in [6, 6.07) is 15.5. The Hall–Kier alpha value is -4.70. The van der Waals surface area contributed by atoms with E-state index >= 15 is 0 Å². The van der Waals surface area contributed by atoms with Crippen molar-refractivity contribution >= 4 is 17.1 Å². The number of aryl methyl sites for hydroxylation is 1. The first kappa shape index (κ1) is 23.7.